The monoisotopic (exact) mass is 281 g/mol. The van der Waals surface area contributed by atoms with Crippen molar-refractivity contribution in [3.8, 4) is 5.75 Å². The molecule has 0 saturated heterocycles. The van der Waals surface area contributed by atoms with E-state index in [2.05, 4.69) is 67.5 Å². The van der Waals surface area contributed by atoms with E-state index >= 15 is 0 Å². The van der Waals surface area contributed by atoms with E-state index in [9.17, 15) is 0 Å². The van der Waals surface area contributed by atoms with Gasteiger partial charge in [0.2, 0.25) is 0 Å². The van der Waals surface area contributed by atoms with Crippen molar-refractivity contribution in [1.82, 2.24) is 4.90 Å². The number of ether oxygens (including phenoxy) is 1. The normalized spacial score (nSPS) is 17.0. The van der Waals surface area contributed by atoms with Crippen LogP contribution in [0.5, 0.6) is 5.75 Å². The Hall–Kier alpha value is -1.80. The third kappa shape index (κ3) is 3.27. The molecule has 2 heteroatoms. The van der Waals surface area contributed by atoms with Crippen molar-refractivity contribution in [2.45, 2.75) is 18.8 Å². The lowest BCUT2D eigenvalue weighted by Gasteiger charge is -2.14. The zero-order chi connectivity index (χ0) is 14.7. The summed E-state index contributed by atoms with van der Waals surface area (Å²) in [6.45, 7) is 1.68. The second-order valence-electron chi connectivity index (χ2n) is 6.01. The molecule has 21 heavy (non-hydrogen) atoms. The van der Waals surface area contributed by atoms with E-state index in [0.717, 1.165) is 18.9 Å². The molecule has 0 N–H and O–H groups in total. The summed E-state index contributed by atoms with van der Waals surface area (Å²) in [5, 5.41) is 0. The molecule has 0 fully saturated rings. The first-order valence-electron chi connectivity index (χ1n) is 7.69. The number of hydrogen-bond donors (Lipinski definition) is 0. The maximum Gasteiger partial charge on any atom is 0.119 e. The lowest BCUT2D eigenvalue weighted by molar-refractivity contribution is 0.261. The first kappa shape index (κ1) is 14.2. The first-order valence-corrected chi connectivity index (χ1v) is 7.69. The summed E-state index contributed by atoms with van der Waals surface area (Å²) in [7, 11) is 4.12. The number of hydrogen-bond acceptors (Lipinski definition) is 2. The molecule has 3 rings (SSSR count). The zero-order valence-electron chi connectivity index (χ0n) is 12.9. The molecular formula is C19H23NO. The van der Waals surface area contributed by atoms with Gasteiger partial charge in [0, 0.05) is 12.5 Å². The number of likely N-dealkylation sites (N-methyl/N-ethyl adjacent to an activating group) is 1. The van der Waals surface area contributed by atoms with Gasteiger partial charge in [0.1, 0.15) is 12.4 Å². The largest absolute Gasteiger partial charge is 0.492 e. The lowest BCUT2D eigenvalue weighted by Crippen LogP contribution is -2.19. The maximum atomic E-state index is 5.76. The Bertz CT molecular complexity index is 589. The quantitative estimate of drug-likeness (QED) is 0.828. The predicted molar refractivity (Wildman–Crippen MR) is 87.1 cm³/mol. The predicted octanol–water partition coefficient (Wildman–Crippen LogP) is 3.71. The van der Waals surface area contributed by atoms with Gasteiger partial charge >= 0.3 is 0 Å². The molecular weight excluding hydrogens is 258 g/mol. The number of nitrogens with zero attached hydrogens (tertiary/aromatic N) is 1. The van der Waals surface area contributed by atoms with Crippen LogP contribution in [-0.2, 0) is 6.42 Å². The molecule has 0 amide bonds. The SMILES string of the molecule is CN(C)CCOc1ccc(C2CCc3ccccc32)cc1. The van der Waals surface area contributed by atoms with Crippen molar-refractivity contribution < 1.29 is 4.74 Å². The summed E-state index contributed by atoms with van der Waals surface area (Å²) in [4.78, 5) is 2.13. The summed E-state index contributed by atoms with van der Waals surface area (Å²) in [5.41, 5.74) is 4.41. The summed E-state index contributed by atoms with van der Waals surface area (Å²) in [6.07, 6.45) is 2.42. The van der Waals surface area contributed by atoms with Crippen LogP contribution in [0.2, 0.25) is 0 Å². The van der Waals surface area contributed by atoms with Gasteiger partial charge in [-0.15, -0.1) is 0 Å². The molecule has 2 aromatic carbocycles. The van der Waals surface area contributed by atoms with Gasteiger partial charge in [0.05, 0.1) is 0 Å². The fraction of sp³-hybridized carbons (Fsp3) is 0.368. The van der Waals surface area contributed by atoms with Gasteiger partial charge in [0.15, 0.2) is 0 Å². The van der Waals surface area contributed by atoms with Crippen LogP contribution < -0.4 is 4.74 Å². The summed E-state index contributed by atoms with van der Waals surface area (Å²) < 4.78 is 5.76. The van der Waals surface area contributed by atoms with Gasteiger partial charge < -0.3 is 9.64 Å². The molecule has 2 aromatic rings. The van der Waals surface area contributed by atoms with Gasteiger partial charge in [-0.25, -0.2) is 0 Å². The molecule has 2 nitrogen and oxygen atoms in total. The van der Waals surface area contributed by atoms with Gasteiger partial charge in [-0.1, -0.05) is 36.4 Å². The number of rotatable bonds is 5. The Kier molecular flexibility index (Phi) is 4.26. The lowest BCUT2D eigenvalue weighted by atomic mass is 9.93. The Morgan fingerprint density at radius 3 is 2.57 bits per heavy atom. The molecule has 0 heterocycles. The molecule has 0 bridgehead atoms. The summed E-state index contributed by atoms with van der Waals surface area (Å²) in [6, 6.07) is 17.5. The molecule has 0 spiro atoms. The molecule has 0 radical (unpaired) electrons. The van der Waals surface area contributed by atoms with E-state index in [4.69, 9.17) is 4.74 Å². The van der Waals surface area contributed by atoms with E-state index in [1.165, 1.54) is 29.5 Å². The minimum absolute atomic E-state index is 0.553. The summed E-state index contributed by atoms with van der Waals surface area (Å²) in [5.74, 6) is 1.52. The molecule has 0 saturated carbocycles. The zero-order valence-corrected chi connectivity index (χ0v) is 12.9. The molecule has 110 valence electrons. The van der Waals surface area contributed by atoms with Crippen molar-refractivity contribution in [2.24, 2.45) is 0 Å². The third-order valence-corrected chi connectivity index (χ3v) is 4.22. The van der Waals surface area contributed by atoms with Crippen LogP contribution in [-0.4, -0.2) is 32.1 Å². The minimum atomic E-state index is 0.553. The molecule has 1 aliphatic rings. The Morgan fingerprint density at radius 1 is 1.05 bits per heavy atom. The Labute approximate surface area is 127 Å². The van der Waals surface area contributed by atoms with E-state index < -0.39 is 0 Å². The highest BCUT2D eigenvalue weighted by atomic mass is 16.5. The number of fused-ring (bicyclic) bond motifs is 1. The fourth-order valence-electron chi connectivity index (χ4n) is 3.05. The average Bonchev–Trinajstić information content (AvgIpc) is 2.92. The highest BCUT2D eigenvalue weighted by molar-refractivity contribution is 5.43. The number of aryl methyl sites for hydroxylation is 1. The Morgan fingerprint density at radius 2 is 1.81 bits per heavy atom. The van der Waals surface area contributed by atoms with Gasteiger partial charge in [0.25, 0.3) is 0 Å². The van der Waals surface area contributed by atoms with Crippen LogP contribution in [0, 0.1) is 0 Å². The van der Waals surface area contributed by atoms with Crippen molar-refractivity contribution >= 4 is 0 Å². The highest BCUT2D eigenvalue weighted by Crippen LogP contribution is 2.38. The van der Waals surface area contributed by atoms with Crippen molar-refractivity contribution in [3.05, 3.63) is 65.2 Å². The molecule has 1 unspecified atom stereocenters. The van der Waals surface area contributed by atoms with Crippen LogP contribution in [0.25, 0.3) is 0 Å². The molecule has 0 aromatic heterocycles. The fourth-order valence-corrected chi connectivity index (χ4v) is 3.05. The molecule has 0 aliphatic heterocycles. The van der Waals surface area contributed by atoms with Crippen LogP contribution in [0.15, 0.2) is 48.5 Å². The standard InChI is InChI=1S/C19H23NO/c1-20(2)13-14-21-17-10-7-16(8-11-17)19-12-9-15-5-3-4-6-18(15)19/h3-8,10-11,19H,9,12-14H2,1-2H3. The highest BCUT2D eigenvalue weighted by Gasteiger charge is 2.23. The minimum Gasteiger partial charge on any atom is -0.492 e. The van der Waals surface area contributed by atoms with E-state index in [1.54, 1.807) is 0 Å². The third-order valence-electron chi connectivity index (χ3n) is 4.22. The van der Waals surface area contributed by atoms with Crippen LogP contribution in [0.4, 0.5) is 0 Å². The van der Waals surface area contributed by atoms with Crippen molar-refractivity contribution in [3.63, 3.8) is 0 Å². The van der Waals surface area contributed by atoms with E-state index in [-0.39, 0.29) is 0 Å². The second-order valence-corrected chi connectivity index (χ2v) is 6.01. The van der Waals surface area contributed by atoms with E-state index in [1.807, 2.05) is 0 Å². The second kappa shape index (κ2) is 6.31. The van der Waals surface area contributed by atoms with Gasteiger partial charge in [-0.05, 0) is 55.8 Å². The topological polar surface area (TPSA) is 12.5 Å². The van der Waals surface area contributed by atoms with Crippen molar-refractivity contribution in [2.75, 3.05) is 27.2 Å². The molecule has 1 aliphatic carbocycles. The first-order chi connectivity index (χ1) is 10.2. The van der Waals surface area contributed by atoms with Gasteiger partial charge in [-0.3, -0.25) is 0 Å². The maximum absolute atomic E-state index is 5.76. The van der Waals surface area contributed by atoms with Crippen molar-refractivity contribution in [1.29, 1.82) is 0 Å². The average molecular weight is 281 g/mol. The van der Waals surface area contributed by atoms with Crippen LogP contribution in [0.1, 0.15) is 29.0 Å². The van der Waals surface area contributed by atoms with E-state index in [0.29, 0.717) is 5.92 Å². The Balaban J connectivity index is 1.68. The van der Waals surface area contributed by atoms with Gasteiger partial charge in [-0.2, -0.15) is 0 Å². The summed E-state index contributed by atoms with van der Waals surface area (Å²) >= 11 is 0. The number of benzene rings is 2. The van der Waals surface area contributed by atoms with Crippen LogP contribution >= 0.6 is 0 Å². The smallest absolute Gasteiger partial charge is 0.119 e. The molecule has 1 atom stereocenters. The van der Waals surface area contributed by atoms with Crippen LogP contribution in [0.3, 0.4) is 0 Å².